The lowest BCUT2D eigenvalue weighted by atomic mass is 10.1. The Balaban J connectivity index is 2.13. The monoisotopic (exact) mass is 391 g/mol. The van der Waals surface area contributed by atoms with Crippen molar-refractivity contribution in [2.75, 3.05) is 20.4 Å². The van der Waals surface area contributed by atoms with Crippen LogP contribution in [0.2, 0.25) is 0 Å². The number of rotatable bonds is 5. The van der Waals surface area contributed by atoms with E-state index in [4.69, 9.17) is 0 Å². The second-order valence-corrected chi connectivity index (χ2v) is 7.76. The average Bonchev–Trinajstić information content (AvgIpc) is 3.05. The van der Waals surface area contributed by atoms with E-state index in [2.05, 4.69) is 55.3 Å². The van der Waals surface area contributed by atoms with Gasteiger partial charge < -0.3 is 4.90 Å². The summed E-state index contributed by atoms with van der Waals surface area (Å²) in [5.41, 5.74) is 5.73. The van der Waals surface area contributed by atoms with E-state index in [0.717, 1.165) is 21.8 Å². The van der Waals surface area contributed by atoms with Gasteiger partial charge in [-0.1, -0.05) is 53.6 Å². The van der Waals surface area contributed by atoms with E-state index in [9.17, 15) is 4.79 Å². The molecule has 4 nitrogen and oxygen atoms in total. The number of thioether (sulfide) groups is 1. The summed E-state index contributed by atoms with van der Waals surface area (Å²) < 4.78 is 1.86. The Hall–Kier alpha value is -2.79. The Kier molecular flexibility index (Phi) is 6.05. The van der Waals surface area contributed by atoms with Crippen LogP contribution < -0.4 is 0 Å². The van der Waals surface area contributed by atoms with Gasteiger partial charge in [0.05, 0.1) is 5.69 Å². The van der Waals surface area contributed by atoms with Crippen LogP contribution in [0.25, 0.3) is 17.8 Å². The fourth-order valence-corrected chi connectivity index (χ4v) is 3.55. The third kappa shape index (κ3) is 4.20. The quantitative estimate of drug-likeness (QED) is 0.569. The van der Waals surface area contributed by atoms with Gasteiger partial charge in [0.1, 0.15) is 5.03 Å². The lowest BCUT2D eigenvalue weighted by molar-refractivity contribution is 0.0821. The Bertz CT molecular complexity index is 1000. The van der Waals surface area contributed by atoms with Crippen LogP contribution in [0.15, 0.2) is 53.6 Å². The van der Waals surface area contributed by atoms with Crippen molar-refractivity contribution in [1.29, 1.82) is 0 Å². The summed E-state index contributed by atoms with van der Waals surface area (Å²) in [4.78, 5) is 14.4. The van der Waals surface area contributed by atoms with Crippen molar-refractivity contribution < 1.29 is 4.79 Å². The molecule has 0 aliphatic heterocycles. The first-order chi connectivity index (χ1) is 13.4. The first-order valence-electron chi connectivity index (χ1n) is 9.11. The van der Waals surface area contributed by atoms with Crippen molar-refractivity contribution in [2.24, 2.45) is 0 Å². The van der Waals surface area contributed by atoms with Crippen LogP contribution in [0.5, 0.6) is 0 Å². The standard InChI is InChI=1S/C23H25N3OS/c1-16-6-10-18(11-7-16)12-15-20-21(22(27)25(3)4)24-26(23(20)28-5)19-13-8-17(2)9-14-19/h6-15H,1-5H3/b15-12+. The lowest BCUT2D eigenvalue weighted by Crippen LogP contribution is -2.23. The minimum absolute atomic E-state index is 0.107. The normalized spacial score (nSPS) is 11.2. The van der Waals surface area contributed by atoms with Crippen LogP contribution in [0, 0.1) is 13.8 Å². The zero-order chi connectivity index (χ0) is 20.3. The van der Waals surface area contributed by atoms with Crippen molar-refractivity contribution in [3.63, 3.8) is 0 Å². The molecule has 0 unspecified atom stereocenters. The molecule has 1 amide bonds. The predicted molar refractivity (Wildman–Crippen MR) is 118 cm³/mol. The molecule has 0 radical (unpaired) electrons. The molecular weight excluding hydrogens is 366 g/mol. The zero-order valence-electron chi connectivity index (χ0n) is 16.9. The predicted octanol–water partition coefficient (Wildman–Crippen LogP) is 5.08. The molecular formula is C23H25N3OS. The van der Waals surface area contributed by atoms with Gasteiger partial charge in [0, 0.05) is 19.7 Å². The first-order valence-corrected chi connectivity index (χ1v) is 10.3. The highest BCUT2D eigenvalue weighted by Crippen LogP contribution is 2.29. The van der Waals surface area contributed by atoms with Crippen LogP contribution in [0.3, 0.4) is 0 Å². The number of benzene rings is 2. The maximum Gasteiger partial charge on any atom is 0.274 e. The molecule has 0 N–H and O–H groups in total. The molecule has 0 saturated heterocycles. The van der Waals surface area contributed by atoms with Crippen molar-refractivity contribution in [2.45, 2.75) is 18.9 Å². The SMILES string of the molecule is CSc1c(/C=C/c2ccc(C)cc2)c(C(=O)N(C)C)nn1-c1ccc(C)cc1. The van der Waals surface area contributed by atoms with E-state index in [1.807, 2.05) is 35.2 Å². The lowest BCUT2D eigenvalue weighted by Gasteiger charge is -2.08. The number of carbonyl (C=O) groups is 1. The van der Waals surface area contributed by atoms with Gasteiger partial charge in [0.25, 0.3) is 5.91 Å². The number of aromatic nitrogens is 2. The summed E-state index contributed by atoms with van der Waals surface area (Å²) in [6, 6.07) is 16.5. The van der Waals surface area contributed by atoms with Gasteiger partial charge in [0.2, 0.25) is 0 Å². The van der Waals surface area contributed by atoms with Crippen LogP contribution in [0.4, 0.5) is 0 Å². The molecule has 3 rings (SSSR count). The molecule has 0 saturated carbocycles. The maximum absolute atomic E-state index is 12.8. The summed E-state index contributed by atoms with van der Waals surface area (Å²) in [6.45, 7) is 4.12. The molecule has 1 heterocycles. The van der Waals surface area contributed by atoms with Crippen molar-refractivity contribution in [3.05, 3.63) is 76.5 Å². The fourth-order valence-electron chi connectivity index (χ4n) is 2.85. The molecule has 0 spiro atoms. The number of hydrogen-bond donors (Lipinski definition) is 0. The van der Waals surface area contributed by atoms with E-state index in [1.165, 1.54) is 11.1 Å². The molecule has 0 atom stereocenters. The van der Waals surface area contributed by atoms with E-state index in [-0.39, 0.29) is 5.91 Å². The van der Waals surface area contributed by atoms with E-state index < -0.39 is 0 Å². The van der Waals surface area contributed by atoms with Gasteiger partial charge in [-0.25, -0.2) is 4.68 Å². The number of aryl methyl sites for hydroxylation is 2. The van der Waals surface area contributed by atoms with Crippen LogP contribution >= 0.6 is 11.8 Å². The third-order valence-electron chi connectivity index (χ3n) is 4.48. The van der Waals surface area contributed by atoms with E-state index >= 15 is 0 Å². The molecule has 0 bridgehead atoms. The number of amides is 1. The smallest absolute Gasteiger partial charge is 0.274 e. The number of hydrogen-bond acceptors (Lipinski definition) is 3. The summed E-state index contributed by atoms with van der Waals surface area (Å²) in [5.74, 6) is -0.107. The number of nitrogens with zero attached hydrogens (tertiary/aromatic N) is 3. The average molecular weight is 392 g/mol. The Morgan fingerprint density at radius 2 is 1.54 bits per heavy atom. The molecule has 0 aliphatic carbocycles. The molecule has 3 aromatic rings. The minimum Gasteiger partial charge on any atom is -0.343 e. The highest BCUT2D eigenvalue weighted by atomic mass is 32.2. The molecule has 1 aromatic heterocycles. The van der Waals surface area contributed by atoms with Crippen LogP contribution in [0.1, 0.15) is 32.7 Å². The van der Waals surface area contributed by atoms with Gasteiger partial charge in [-0.05, 0) is 43.9 Å². The zero-order valence-corrected chi connectivity index (χ0v) is 17.7. The van der Waals surface area contributed by atoms with Gasteiger partial charge >= 0.3 is 0 Å². The third-order valence-corrected chi connectivity index (χ3v) is 5.26. The maximum atomic E-state index is 12.8. The largest absolute Gasteiger partial charge is 0.343 e. The highest BCUT2D eigenvalue weighted by Gasteiger charge is 2.23. The summed E-state index contributed by atoms with van der Waals surface area (Å²) >= 11 is 1.59. The molecule has 144 valence electrons. The number of carbonyl (C=O) groups excluding carboxylic acids is 1. The second-order valence-electron chi connectivity index (χ2n) is 6.96. The summed E-state index contributed by atoms with van der Waals surface area (Å²) in [6.07, 6.45) is 6.03. The first kappa shape index (κ1) is 20.0. The fraction of sp³-hybridized carbons (Fsp3) is 0.217. The molecule has 0 fully saturated rings. The van der Waals surface area contributed by atoms with Crippen LogP contribution in [-0.4, -0.2) is 40.9 Å². The van der Waals surface area contributed by atoms with Crippen molar-refractivity contribution in [1.82, 2.24) is 14.7 Å². The molecule has 5 heteroatoms. The van der Waals surface area contributed by atoms with E-state index in [0.29, 0.717) is 5.69 Å². The molecule has 28 heavy (non-hydrogen) atoms. The Labute approximate surface area is 170 Å². The summed E-state index contributed by atoms with van der Waals surface area (Å²) in [7, 11) is 3.50. The van der Waals surface area contributed by atoms with E-state index in [1.54, 1.807) is 30.8 Å². The van der Waals surface area contributed by atoms with Crippen molar-refractivity contribution >= 4 is 29.8 Å². The highest BCUT2D eigenvalue weighted by molar-refractivity contribution is 7.98. The van der Waals surface area contributed by atoms with Gasteiger partial charge in [-0.15, -0.1) is 11.8 Å². The van der Waals surface area contributed by atoms with Crippen molar-refractivity contribution in [3.8, 4) is 5.69 Å². The Morgan fingerprint density at radius 1 is 0.964 bits per heavy atom. The van der Waals surface area contributed by atoms with Gasteiger partial charge in [-0.2, -0.15) is 5.10 Å². The minimum atomic E-state index is -0.107. The second kappa shape index (κ2) is 8.48. The van der Waals surface area contributed by atoms with Crippen LogP contribution in [-0.2, 0) is 0 Å². The topological polar surface area (TPSA) is 38.1 Å². The van der Waals surface area contributed by atoms with Gasteiger partial charge in [-0.3, -0.25) is 4.79 Å². The van der Waals surface area contributed by atoms with Gasteiger partial charge in [0.15, 0.2) is 5.69 Å². The summed E-state index contributed by atoms with van der Waals surface area (Å²) in [5, 5.41) is 5.62. The molecule has 0 aliphatic rings. The molecule has 2 aromatic carbocycles. The Morgan fingerprint density at radius 3 is 2.07 bits per heavy atom.